The molecule has 40 heavy (non-hydrogen) atoms. The number of hydrogen-bond donors (Lipinski definition) is 0. The fourth-order valence-electron chi connectivity index (χ4n) is 5.93. The number of aryl methyl sites for hydroxylation is 4. The van der Waals surface area contributed by atoms with Crippen LogP contribution in [0.5, 0.6) is 0 Å². The van der Waals surface area contributed by atoms with Crippen molar-refractivity contribution < 1.29 is 4.74 Å². The summed E-state index contributed by atoms with van der Waals surface area (Å²) in [5.41, 5.74) is 10.5. The largest absolute Gasteiger partial charge is 0.379 e. The van der Waals surface area contributed by atoms with Crippen molar-refractivity contribution in [3.8, 4) is 33.6 Å². The second kappa shape index (κ2) is 10.5. The van der Waals surface area contributed by atoms with Crippen molar-refractivity contribution in [3.05, 3.63) is 84.0 Å². The Morgan fingerprint density at radius 3 is 2.45 bits per heavy atom. The van der Waals surface area contributed by atoms with Crippen LogP contribution in [0.3, 0.4) is 0 Å². The Kier molecular flexibility index (Phi) is 6.53. The molecule has 5 heterocycles. The van der Waals surface area contributed by atoms with Gasteiger partial charge >= 0.3 is 0 Å². The minimum absolute atomic E-state index is 0.620. The van der Waals surface area contributed by atoms with Crippen molar-refractivity contribution in [1.29, 1.82) is 0 Å². The number of ether oxygens (including phenoxy) is 1. The maximum atomic E-state index is 5.46. The normalized spacial score (nSPS) is 15.2. The molecule has 9 nitrogen and oxygen atoms in total. The molecular weight excluding hydrogens is 500 g/mol. The van der Waals surface area contributed by atoms with Crippen molar-refractivity contribution in [2.75, 3.05) is 32.8 Å². The fraction of sp³-hybridized carbons (Fsp3) is 0.355. The van der Waals surface area contributed by atoms with Crippen LogP contribution in [0.25, 0.3) is 33.6 Å². The predicted octanol–water partition coefficient (Wildman–Crippen LogP) is 3.77. The zero-order valence-corrected chi connectivity index (χ0v) is 23.1. The summed E-state index contributed by atoms with van der Waals surface area (Å²) in [5, 5.41) is 9.14. The van der Waals surface area contributed by atoms with E-state index in [2.05, 4.69) is 64.3 Å². The number of hydrogen-bond acceptors (Lipinski definition) is 6. The van der Waals surface area contributed by atoms with Crippen LogP contribution in [0.2, 0.25) is 0 Å². The highest BCUT2D eigenvalue weighted by atomic mass is 16.5. The molecule has 0 N–H and O–H groups in total. The van der Waals surface area contributed by atoms with Gasteiger partial charge < -0.3 is 9.30 Å². The third-order valence-electron chi connectivity index (χ3n) is 8.06. The van der Waals surface area contributed by atoms with Gasteiger partial charge in [-0.3, -0.25) is 14.3 Å². The monoisotopic (exact) mass is 534 g/mol. The molecule has 9 heteroatoms. The lowest BCUT2D eigenvalue weighted by Crippen LogP contribution is -2.38. The van der Waals surface area contributed by atoms with Crippen molar-refractivity contribution in [3.63, 3.8) is 0 Å². The SMILES string of the molecule is Cn1cc(-c2ccc(-c3c4c(cn3C)CCc3cnc(Cc5ccn(CCN6CCOCC6)n5)nc3-4)cc2)cn1. The summed E-state index contributed by atoms with van der Waals surface area (Å²) in [5.74, 6) is 0.812. The van der Waals surface area contributed by atoms with E-state index in [4.69, 9.17) is 19.8 Å². The van der Waals surface area contributed by atoms with Crippen molar-refractivity contribution in [2.45, 2.75) is 25.8 Å². The molecule has 1 aromatic carbocycles. The minimum atomic E-state index is 0.620. The van der Waals surface area contributed by atoms with E-state index in [1.807, 2.05) is 35.0 Å². The molecule has 1 aliphatic carbocycles. The minimum Gasteiger partial charge on any atom is -0.379 e. The summed E-state index contributed by atoms with van der Waals surface area (Å²) in [6, 6.07) is 10.9. The first-order chi connectivity index (χ1) is 19.6. The van der Waals surface area contributed by atoms with Crippen LogP contribution in [-0.4, -0.2) is 71.8 Å². The number of benzene rings is 1. The Bertz CT molecular complexity index is 1640. The van der Waals surface area contributed by atoms with Crippen molar-refractivity contribution in [1.82, 2.24) is 39.0 Å². The molecule has 0 saturated carbocycles. The second-order valence-corrected chi connectivity index (χ2v) is 10.8. The van der Waals surface area contributed by atoms with Gasteiger partial charge in [-0.25, -0.2) is 9.97 Å². The molecule has 0 amide bonds. The molecule has 0 unspecified atom stereocenters. The van der Waals surface area contributed by atoms with E-state index in [9.17, 15) is 0 Å². The van der Waals surface area contributed by atoms with E-state index < -0.39 is 0 Å². The standard InChI is InChI=1S/C31H34N8O/c1-36-20-25-8-7-24-18-32-28(17-27-9-10-39(35-27)12-11-38-13-15-40-16-14-38)34-30(24)29(25)31(36)23-5-3-22(4-6-23)26-19-33-37(2)21-26/h3-6,9-10,18-21H,7-8,11-17H2,1-2H3. The third-order valence-corrected chi connectivity index (χ3v) is 8.06. The first-order valence-electron chi connectivity index (χ1n) is 14.1. The van der Waals surface area contributed by atoms with Gasteiger partial charge in [0.15, 0.2) is 0 Å². The topological polar surface area (TPSA) is 78.8 Å². The van der Waals surface area contributed by atoms with Crippen LogP contribution in [0, 0.1) is 0 Å². The van der Waals surface area contributed by atoms with Crippen LogP contribution in [0.1, 0.15) is 22.6 Å². The van der Waals surface area contributed by atoms with Gasteiger partial charge in [-0.2, -0.15) is 10.2 Å². The highest BCUT2D eigenvalue weighted by Gasteiger charge is 2.25. The molecule has 0 atom stereocenters. The summed E-state index contributed by atoms with van der Waals surface area (Å²) in [6.07, 6.45) is 12.9. The van der Waals surface area contributed by atoms with Crippen molar-refractivity contribution in [2.24, 2.45) is 14.1 Å². The van der Waals surface area contributed by atoms with E-state index in [0.717, 1.165) is 80.6 Å². The maximum Gasteiger partial charge on any atom is 0.134 e. The third kappa shape index (κ3) is 4.87. The van der Waals surface area contributed by atoms with E-state index in [-0.39, 0.29) is 0 Å². The number of fused-ring (bicyclic) bond motifs is 3. The van der Waals surface area contributed by atoms with Crippen LogP contribution in [0.4, 0.5) is 0 Å². The van der Waals surface area contributed by atoms with Gasteiger partial charge in [0.2, 0.25) is 0 Å². The van der Waals surface area contributed by atoms with Crippen LogP contribution in [-0.2, 0) is 44.6 Å². The zero-order valence-electron chi connectivity index (χ0n) is 23.1. The summed E-state index contributed by atoms with van der Waals surface area (Å²) < 4.78 is 11.6. The van der Waals surface area contributed by atoms with Gasteiger partial charge in [0, 0.05) is 69.6 Å². The first-order valence-corrected chi connectivity index (χ1v) is 14.1. The van der Waals surface area contributed by atoms with Gasteiger partial charge in [-0.05, 0) is 41.2 Å². The van der Waals surface area contributed by atoms with Gasteiger partial charge in [-0.15, -0.1) is 0 Å². The molecule has 0 radical (unpaired) electrons. The molecule has 1 saturated heterocycles. The van der Waals surface area contributed by atoms with Crippen LogP contribution in [0.15, 0.2) is 61.3 Å². The lowest BCUT2D eigenvalue weighted by molar-refractivity contribution is 0.0359. The quantitative estimate of drug-likeness (QED) is 0.316. The fourth-order valence-corrected chi connectivity index (χ4v) is 5.93. The van der Waals surface area contributed by atoms with E-state index in [0.29, 0.717) is 6.42 Å². The van der Waals surface area contributed by atoms with Gasteiger partial charge in [0.1, 0.15) is 5.82 Å². The maximum absolute atomic E-state index is 5.46. The molecule has 1 aliphatic heterocycles. The summed E-state index contributed by atoms with van der Waals surface area (Å²) in [7, 11) is 4.08. The Hall–Kier alpha value is -4.08. The number of aromatic nitrogens is 7. The highest BCUT2D eigenvalue weighted by Crippen LogP contribution is 2.41. The van der Waals surface area contributed by atoms with Crippen molar-refractivity contribution >= 4 is 0 Å². The van der Waals surface area contributed by atoms with E-state index in [1.165, 1.54) is 27.9 Å². The smallest absolute Gasteiger partial charge is 0.134 e. The molecule has 204 valence electrons. The number of rotatable bonds is 7. The van der Waals surface area contributed by atoms with E-state index >= 15 is 0 Å². The molecule has 4 aromatic heterocycles. The van der Waals surface area contributed by atoms with Gasteiger partial charge in [0.05, 0.1) is 49.5 Å². The zero-order chi connectivity index (χ0) is 27.1. The number of morpholine rings is 1. The van der Waals surface area contributed by atoms with E-state index in [1.54, 1.807) is 0 Å². The second-order valence-electron chi connectivity index (χ2n) is 10.8. The van der Waals surface area contributed by atoms with Gasteiger partial charge in [0.25, 0.3) is 0 Å². The lowest BCUT2D eigenvalue weighted by Gasteiger charge is -2.26. The Morgan fingerprint density at radius 1 is 0.850 bits per heavy atom. The summed E-state index contributed by atoms with van der Waals surface area (Å²) in [4.78, 5) is 12.3. The van der Waals surface area contributed by atoms with Gasteiger partial charge in [-0.1, -0.05) is 24.3 Å². The average Bonchev–Trinajstić information content (AvgIpc) is 3.71. The Labute approximate surface area is 234 Å². The molecular formula is C31H34N8O. The Balaban J connectivity index is 1.14. The summed E-state index contributed by atoms with van der Waals surface area (Å²) >= 11 is 0. The molecule has 5 aromatic rings. The molecule has 2 aliphatic rings. The molecule has 7 rings (SSSR count). The van der Waals surface area contributed by atoms with Crippen LogP contribution >= 0.6 is 0 Å². The summed E-state index contributed by atoms with van der Waals surface area (Å²) in [6.45, 7) is 5.50. The highest BCUT2D eigenvalue weighted by molar-refractivity contribution is 5.86. The molecule has 0 spiro atoms. The number of nitrogens with zero attached hydrogens (tertiary/aromatic N) is 8. The lowest BCUT2D eigenvalue weighted by atomic mass is 9.89. The molecule has 1 fully saturated rings. The average molecular weight is 535 g/mol. The van der Waals surface area contributed by atoms with Crippen LogP contribution < -0.4 is 0 Å². The predicted molar refractivity (Wildman–Crippen MR) is 154 cm³/mol. The first kappa shape index (κ1) is 24.9. The molecule has 0 bridgehead atoms. The Morgan fingerprint density at radius 2 is 1.65 bits per heavy atom.